The number of aromatic nitrogens is 1. The van der Waals surface area contributed by atoms with Crippen LogP contribution in [0.1, 0.15) is 23.7 Å². The van der Waals surface area contributed by atoms with Gasteiger partial charge in [-0.1, -0.05) is 13.0 Å². The zero-order valence-electron chi connectivity index (χ0n) is 12.0. The standard InChI is InChI=1S/C16H21NO2/c1-5-12-6-7-16(19-4)14(8-12)15-9-13(10-18)11(2)17(15)3/h6-9,18H,5,10H2,1-4H3. The quantitative estimate of drug-likeness (QED) is 0.915. The Kier molecular flexibility index (Phi) is 3.96. The van der Waals surface area contributed by atoms with Gasteiger partial charge in [-0.05, 0) is 42.7 Å². The molecule has 0 bridgehead atoms. The fourth-order valence-corrected chi connectivity index (χ4v) is 2.36. The minimum Gasteiger partial charge on any atom is -0.496 e. The Morgan fingerprint density at radius 2 is 2.00 bits per heavy atom. The van der Waals surface area contributed by atoms with E-state index in [0.29, 0.717) is 0 Å². The number of nitrogens with zero attached hydrogens (tertiary/aromatic N) is 1. The van der Waals surface area contributed by atoms with Crippen molar-refractivity contribution in [1.29, 1.82) is 0 Å². The minimum absolute atomic E-state index is 0.0649. The van der Waals surface area contributed by atoms with Gasteiger partial charge in [-0.2, -0.15) is 0 Å². The molecule has 0 spiro atoms. The first-order valence-corrected chi connectivity index (χ1v) is 6.55. The van der Waals surface area contributed by atoms with E-state index < -0.39 is 0 Å². The second kappa shape index (κ2) is 5.49. The molecule has 0 radical (unpaired) electrons. The Morgan fingerprint density at radius 1 is 1.26 bits per heavy atom. The van der Waals surface area contributed by atoms with Crippen LogP contribution in [0.25, 0.3) is 11.3 Å². The summed E-state index contributed by atoms with van der Waals surface area (Å²) in [6.45, 7) is 4.22. The Labute approximate surface area is 114 Å². The summed E-state index contributed by atoms with van der Waals surface area (Å²) in [6, 6.07) is 8.29. The molecule has 2 rings (SSSR count). The van der Waals surface area contributed by atoms with E-state index in [9.17, 15) is 5.11 Å². The molecule has 3 heteroatoms. The Hall–Kier alpha value is -1.74. The first-order chi connectivity index (χ1) is 9.12. The van der Waals surface area contributed by atoms with Crippen LogP contribution in [0.2, 0.25) is 0 Å². The van der Waals surface area contributed by atoms with Gasteiger partial charge in [0.25, 0.3) is 0 Å². The highest BCUT2D eigenvalue weighted by Gasteiger charge is 2.14. The molecule has 0 aliphatic heterocycles. The summed E-state index contributed by atoms with van der Waals surface area (Å²) in [6.07, 6.45) is 0.993. The van der Waals surface area contributed by atoms with Crippen molar-refractivity contribution >= 4 is 0 Å². The van der Waals surface area contributed by atoms with Crippen molar-refractivity contribution in [3.63, 3.8) is 0 Å². The summed E-state index contributed by atoms with van der Waals surface area (Å²) in [4.78, 5) is 0. The molecule has 3 nitrogen and oxygen atoms in total. The lowest BCUT2D eigenvalue weighted by Gasteiger charge is -2.12. The number of aliphatic hydroxyl groups excluding tert-OH is 1. The molecule has 0 amide bonds. The maximum atomic E-state index is 9.39. The zero-order chi connectivity index (χ0) is 14.0. The summed E-state index contributed by atoms with van der Waals surface area (Å²) in [5, 5.41) is 9.39. The third-order valence-corrected chi connectivity index (χ3v) is 3.76. The molecule has 1 aromatic carbocycles. The van der Waals surface area contributed by atoms with Crippen molar-refractivity contribution in [2.45, 2.75) is 26.9 Å². The summed E-state index contributed by atoms with van der Waals surface area (Å²) < 4.78 is 7.56. The van der Waals surface area contributed by atoms with Gasteiger partial charge in [0, 0.05) is 18.3 Å². The Balaban J connectivity index is 2.63. The second-order valence-electron chi connectivity index (χ2n) is 4.75. The van der Waals surface area contributed by atoms with Crippen molar-refractivity contribution in [3.05, 3.63) is 41.1 Å². The number of ether oxygens (including phenoxy) is 1. The highest BCUT2D eigenvalue weighted by molar-refractivity contribution is 5.70. The second-order valence-corrected chi connectivity index (χ2v) is 4.75. The molecule has 1 N–H and O–H groups in total. The Morgan fingerprint density at radius 3 is 2.53 bits per heavy atom. The molecule has 0 aliphatic carbocycles. The lowest BCUT2D eigenvalue weighted by Crippen LogP contribution is -1.97. The number of hydrogen-bond acceptors (Lipinski definition) is 2. The van der Waals surface area contributed by atoms with E-state index in [1.54, 1.807) is 7.11 Å². The highest BCUT2D eigenvalue weighted by atomic mass is 16.5. The van der Waals surface area contributed by atoms with Crippen LogP contribution in [-0.4, -0.2) is 16.8 Å². The summed E-state index contributed by atoms with van der Waals surface area (Å²) >= 11 is 0. The van der Waals surface area contributed by atoms with Gasteiger partial charge in [-0.15, -0.1) is 0 Å². The van der Waals surface area contributed by atoms with E-state index >= 15 is 0 Å². The van der Waals surface area contributed by atoms with E-state index in [1.807, 2.05) is 26.1 Å². The first kappa shape index (κ1) is 13.7. The molecule has 1 heterocycles. The van der Waals surface area contributed by atoms with Gasteiger partial charge in [0.15, 0.2) is 0 Å². The van der Waals surface area contributed by atoms with E-state index in [0.717, 1.165) is 34.7 Å². The third kappa shape index (κ3) is 2.38. The fourth-order valence-electron chi connectivity index (χ4n) is 2.36. The SMILES string of the molecule is CCc1ccc(OC)c(-c2cc(CO)c(C)n2C)c1. The van der Waals surface area contributed by atoms with Crippen molar-refractivity contribution in [2.24, 2.45) is 7.05 Å². The summed E-state index contributed by atoms with van der Waals surface area (Å²) in [5.41, 5.74) is 5.48. The van der Waals surface area contributed by atoms with E-state index in [4.69, 9.17) is 4.74 Å². The van der Waals surface area contributed by atoms with Crippen LogP contribution in [0.4, 0.5) is 0 Å². The van der Waals surface area contributed by atoms with Crippen molar-refractivity contribution in [2.75, 3.05) is 7.11 Å². The van der Waals surface area contributed by atoms with Crippen LogP contribution < -0.4 is 4.74 Å². The summed E-state index contributed by atoms with van der Waals surface area (Å²) in [7, 11) is 3.70. The van der Waals surface area contributed by atoms with Gasteiger partial charge in [-0.25, -0.2) is 0 Å². The van der Waals surface area contributed by atoms with Crippen LogP contribution in [0.3, 0.4) is 0 Å². The van der Waals surface area contributed by atoms with Gasteiger partial charge in [0.1, 0.15) is 5.75 Å². The van der Waals surface area contributed by atoms with E-state index in [1.165, 1.54) is 5.56 Å². The average molecular weight is 259 g/mol. The monoisotopic (exact) mass is 259 g/mol. The normalized spacial score (nSPS) is 10.8. The molecule has 2 aromatic rings. The lowest BCUT2D eigenvalue weighted by atomic mass is 10.0. The third-order valence-electron chi connectivity index (χ3n) is 3.76. The zero-order valence-corrected chi connectivity index (χ0v) is 12.0. The average Bonchev–Trinajstić information content (AvgIpc) is 2.74. The van der Waals surface area contributed by atoms with Gasteiger partial charge >= 0.3 is 0 Å². The van der Waals surface area contributed by atoms with E-state index in [-0.39, 0.29) is 6.61 Å². The molecule has 0 atom stereocenters. The molecule has 0 saturated heterocycles. The molecule has 1 aromatic heterocycles. The molecule has 0 unspecified atom stereocenters. The fraction of sp³-hybridized carbons (Fsp3) is 0.375. The molecule has 0 saturated carbocycles. The van der Waals surface area contributed by atoms with Crippen molar-refractivity contribution in [1.82, 2.24) is 4.57 Å². The van der Waals surface area contributed by atoms with Crippen molar-refractivity contribution in [3.8, 4) is 17.0 Å². The lowest BCUT2D eigenvalue weighted by molar-refractivity contribution is 0.281. The Bertz CT molecular complexity index is 585. The number of aliphatic hydroxyl groups is 1. The van der Waals surface area contributed by atoms with Crippen LogP contribution in [-0.2, 0) is 20.1 Å². The predicted octanol–water partition coefficient (Wildman–Crippen LogP) is 3.06. The van der Waals surface area contributed by atoms with Crippen LogP contribution in [0, 0.1) is 6.92 Å². The molecule has 0 aliphatic rings. The van der Waals surface area contributed by atoms with E-state index in [2.05, 4.69) is 23.6 Å². The number of aryl methyl sites for hydroxylation is 1. The molecule has 102 valence electrons. The van der Waals surface area contributed by atoms with Crippen molar-refractivity contribution < 1.29 is 9.84 Å². The molecular formula is C16H21NO2. The van der Waals surface area contributed by atoms with Gasteiger partial charge in [0.05, 0.1) is 19.4 Å². The molecule has 0 fully saturated rings. The first-order valence-electron chi connectivity index (χ1n) is 6.55. The number of hydrogen-bond donors (Lipinski definition) is 1. The largest absolute Gasteiger partial charge is 0.496 e. The summed E-state index contributed by atoms with van der Waals surface area (Å²) in [5.74, 6) is 0.863. The topological polar surface area (TPSA) is 34.4 Å². The van der Waals surface area contributed by atoms with Crippen LogP contribution in [0.15, 0.2) is 24.3 Å². The smallest absolute Gasteiger partial charge is 0.128 e. The highest BCUT2D eigenvalue weighted by Crippen LogP contribution is 2.33. The van der Waals surface area contributed by atoms with Gasteiger partial charge < -0.3 is 14.4 Å². The van der Waals surface area contributed by atoms with Gasteiger partial charge in [0.2, 0.25) is 0 Å². The number of methoxy groups -OCH3 is 1. The van der Waals surface area contributed by atoms with Crippen LogP contribution >= 0.6 is 0 Å². The molecular weight excluding hydrogens is 238 g/mol. The maximum Gasteiger partial charge on any atom is 0.128 e. The minimum atomic E-state index is 0.0649. The predicted molar refractivity (Wildman–Crippen MR) is 77.4 cm³/mol. The van der Waals surface area contributed by atoms with Crippen LogP contribution in [0.5, 0.6) is 5.75 Å². The maximum absolute atomic E-state index is 9.39. The number of benzene rings is 1. The number of rotatable bonds is 4. The molecule has 19 heavy (non-hydrogen) atoms. The van der Waals surface area contributed by atoms with Gasteiger partial charge in [-0.3, -0.25) is 0 Å².